The maximum atomic E-state index is 5.52. The zero-order valence-corrected chi connectivity index (χ0v) is 18.3. The number of imidazole rings is 1. The van der Waals surface area contributed by atoms with Crippen LogP contribution in [0.4, 0.5) is 5.82 Å². The highest BCUT2D eigenvalue weighted by Crippen LogP contribution is 2.33. The Bertz CT molecular complexity index is 1230. The number of rotatable bonds is 4. The van der Waals surface area contributed by atoms with Crippen molar-refractivity contribution in [2.45, 2.75) is 44.7 Å². The van der Waals surface area contributed by atoms with Gasteiger partial charge in [0.15, 0.2) is 5.65 Å². The molecule has 0 bridgehead atoms. The van der Waals surface area contributed by atoms with Crippen molar-refractivity contribution in [3.63, 3.8) is 0 Å². The highest BCUT2D eigenvalue weighted by Gasteiger charge is 2.27. The molecule has 9 nitrogen and oxygen atoms in total. The van der Waals surface area contributed by atoms with Gasteiger partial charge in [-0.25, -0.2) is 19.5 Å². The molecule has 2 fully saturated rings. The number of aromatic nitrogens is 6. The molecule has 166 valence electrons. The van der Waals surface area contributed by atoms with Crippen LogP contribution < -0.4 is 5.32 Å². The van der Waals surface area contributed by atoms with Crippen LogP contribution in [0, 0.1) is 6.92 Å². The third kappa shape index (κ3) is 3.61. The summed E-state index contributed by atoms with van der Waals surface area (Å²) in [6.45, 7) is 5.84. The van der Waals surface area contributed by atoms with Gasteiger partial charge in [-0.2, -0.15) is 5.10 Å². The maximum Gasteiger partial charge on any atom is 0.153 e. The van der Waals surface area contributed by atoms with Gasteiger partial charge < -0.3 is 15.0 Å². The van der Waals surface area contributed by atoms with Crippen molar-refractivity contribution in [3.05, 3.63) is 36.5 Å². The predicted octanol–water partition coefficient (Wildman–Crippen LogP) is 3.03. The number of aromatic amines is 1. The van der Waals surface area contributed by atoms with Crippen molar-refractivity contribution < 1.29 is 4.74 Å². The summed E-state index contributed by atoms with van der Waals surface area (Å²) in [4.78, 5) is 19.4. The normalized spacial score (nSPS) is 22.5. The summed E-state index contributed by atoms with van der Waals surface area (Å²) < 4.78 is 7.34. The molecule has 32 heavy (non-hydrogen) atoms. The topological polar surface area (TPSA) is 96.3 Å². The van der Waals surface area contributed by atoms with Gasteiger partial charge in [-0.3, -0.25) is 4.90 Å². The van der Waals surface area contributed by atoms with Crippen LogP contribution >= 0.6 is 0 Å². The molecule has 4 aromatic rings. The lowest BCUT2D eigenvalue weighted by Crippen LogP contribution is -2.46. The number of H-pyrrole nitrogens is 1. The molecule has 0 amide bonds. The number of nitrogens with one attached hydrogen (secondary N) is 2. The molecule has 5 heterocycles. The second kappa shape index (κ2) is 8.14. The molecule has 1 saturated carbocycles. The molecule has 2 N–H and O–H groups in total. The summed E-state index contributed by atoms with van der Waals surface area (Å²) in [7, 11) is 0. The number of nitrogens with zero attached hydrogens (tertiary/aromatic N) is 6. The Balaban J connectivity index is 1.24. The maximum absolute atomic E-state index is 5.52. The first-order valence-electron chi connectivity index (χ1n) is 11.5. The van der Waals surface area contributed by atoms with Crippen LogP contribution in [0.25, 0.3) is 27.9 Å². The number of aryl methyl sites for hydroxylation is 1. The minimum absolute atomic E-state index is 0.417. The van der Waals surface area contributed by atoms with Gasteiger partial charge in [0.05, 0.1) is 36.2 Å². The molecule has 9 heteroatoms. The van der Waals surface area contributed by atoms with Gasteiger partial charge in [-0.05, 0) is 44.7 Å². The van der Waals surface area contributed by atoms with Gasteiger partial charge in [0.25, 0.3) is 0 Å². The van der Waals surface area contributed by atoms with Crippen molar-refractivity contribution in [1.82, 2.24) is 34.4 Å². The minimum Gasteiger partial charge on any atom is -0.379 e. The Morgan fingerprint density at radius 2 is 1.94 bits per heavy atom. The molecule has 1 saturated heterocycles. The molecule has 0 spiro atoms. The van der Waals surface area contributed by atoms with E-state index in [9.17, 15) is 0 Å². The van der Waals surface area contributed by atoms with E-state index >= 15 is 0 Å². The van der Waals surface area contributed by atoms with E-state index in [1.807, 2.05) is 36.0 Å². The van der Waals surface area contributed by atoms with Crippen molar-refractivity contribution in [2.24, 2.45) is 0 Å². The molecule has 0 radical (unpaired) electrons. The van der Waals surface area contributed by atoms with E-state index in [2.05, 4.69) is 30.2 Å². The van der Waals surface area contributed by atoms with E-state index in [1.54, 1.807) is 6.33 Å². The first-order chi connectivity index (χ1) is 15.7. The lowest BCUT2D eigenvalue weighted by molar-refractivity contribution is 0.00791. The molecule has 4 aromatic heterocycles. The Morgan fingerprint density at radius 1 is 1.09 bits per heavy atom. The smallest absolute Gasteiger partial charge is 0.153 e. The largest absolute Gasteiger partial charge is 0.379 e. The molecule has 0 aromatic carbocycles. The van der Waals surface area contributed by atoms with E-state index in [1.165, 1.54) is 12.8 Å². The monoisotopic (exact) mass is 432 g/mol. The van der Waals surface area contributed by atoms with Gasteiger partial charge >= 0.3 is 0 Å². The van der Waals surface area contributed by atoms with Crippen molar-refractivity contribution >= 4 is 22.5 Å². The van der Waals surface area contributed by atoms with Crippen LogP contribution in [0.3, 0.4) is 0 Å². The minimum atomic E-state index is 0.417. The van der Waals surface area contributed by atoms with Crippen molar-refractivity contribution in [2.75, 3.05) is 31.6 Å². The second-order valence-corrected chi connectivity index (χ2v) is 8.85. The predicted molar refractivity (Wildman–Crippen MR) is 123 cm³/mol. The fourth-order valence-electron chi connectivity index (χ4n) is 5.14. The zero-order chi connectivity index (χ0) is 21.5. The molecule has 0 unspecified atom stereocenters. The van der Waals surface area contributed by atoms with E-state index < -0.39 is 0 Å². The van der Waals surface area contributed by atoms with E-state index in [4.69, 9.17) is 9.84 Å². The van der Waals surface area contributed by atoms with E-state index in [0.717, 1.165) is 78.6 Å². The van der Waals surface area contributed by atoms with Crippen LogP contribution in [-0.2, 0) is 4.74 Å². The Morgan fingerprint density at radius 3 is 2.78 bits per heavy atom. The summed E-state index contributed by atoms with van der Waals surface area (Å²) >= 11 is 0. The van der Waals surface area contributed by atoms with Gasteiger partial charge in [0, 0.05) is 36.9 Å². The van der Waals surface area contributed by atoms with Gasteiger partial charge in [-0.1, -0.05) is 0 Å². The van der Waals surface area contributed by atoms with Crippen molar-refractivity contribution in [1.29, 1.82) is 0 Å². The fourth-order valence-corrected chi connectivity index (χ4v) is 5.14. The standard InChI is InChI=1S/C23H28N8O/c1-15-13-31-20(27-15)7-6-19(29-31)18-12-24-22-21(18)23(26-14-25-22)28-16-2-4-17(5-3-16)30-8-10-32-11-9-30/h6-7,12-14,16-17H,2-5,8-11H2,1H3,(H2,24,25,26,28)/t16-,17-. The van der Waals surface area contributed by atoms with Crippen LogP contribution in [0.5, 0.6) is 0 Å². The molecular formula is C23H28N8O. The van der Waals surface area contributed by atoms with Gasteiger partial charge in [0.2, 0.25) is 0 Å². The Hall–Kier alpha value is -3.04. The summed E-state index contributed by atoms with van der Waals surface area (Å²) in [5.74, 6) is 0.879. The average Bonchev–Trinajstić information content (AvgIpc) is 3.43. The quantitative estimate of drug-likeness (QED) is 0.512. The number of ether oxygens (including phenoxy) is 1. The zero-order valence-electron chi connectivity index (χ0n) is 18.3. The SMILES string of the molecule is Cc1cn2nc(-c3c[nH]c4ncnc(N[C@H]5CC[C@H](N6CCOCC6)CC5)c34)ccc2n1. The third-order valence-corrected chi connectivity index (χ3v) is 6.79. The summed E-state index contributed by atoms with van der Waals surface area (Å²) in [6, 6.07) is 5.10. The first-order valence-corrected chi connectivity index (χ1v) is 11.5. The number of morpholine rings is 1. The summed E-state index contributed by atoms with van der Waals surface area (Å²) in [5, 5.41) is 9.49. The summed E-state index contributed by atoms with van der Waals surface area (Å²) in [6.07, 6.45) is 10.2. The Labute approximate surface area is 186 Å². The highest BCUT2D eigenvalue weighted by atomic mass is 16.5. The molecule has 0 atom stereocenters. The number of hydrogen-bond acceptors (Lipinski definition) is 7. The first kappa shape index (κ1) is 19.6. The van der Waals surface area contributed by atoms with Crippen LogP contribution in [-0.4, -0.2) is 72.8 Å². The van der Waals surface area contributed by atoms with Gasteiger partial charge in [-0.15, -0.1) is 0 Å². The molecule has 1 aliphatic carbocycles. The number of anilines is 1. The second-order valence-electron chi connectivity index (χ2n) is 8.85. The lowest BCUT2D eigenvalue weighted by atomic mass is 9.90. The van der Waals surface area contributed by atoms with E-state index in [0.29, 0.717) is 12.1 Å². The van der Waals surface area contributed by atoms with Crippen LogP contribution in [0.2, 0.25) is 0 Å². The van der Waals surface area contributed by atoms with Crippen LogP contribution in [0.1, 0.15) is 31.4 Å². The molecule has 1 aliphatic heterocycles. The van der Waals surface area contributed by atoms with Crippen molar-refractivity contribution in [3.8, 4) is 11.3 Å². The highest BCUT2D eigenvalue weighted by molar-refractivity contribution is 6.00. The number of hydrogen-bond donors (Lipinski definition) is 2. The van der Waals surface area contributed by atoms with E-state index in [-0.39, 0.29) is 0 Å². The lowest BCUT2D eigenvalue weighted by Gasteiger charge is -2.39. The molecule has 6 rings (SSSR count). The van der Waals surface area contributed by atoms with Gasteiger partial charge in [0.1, 0.15) is 17.8 Å². The average molecular weight is 433 g/mol. The number of fused-ring (bicyclic) bond motifs is 2. The molecule has 2 aliphatic rings. The summed E-state index contributed by atoms with van der Waals surface area (Å²) in [5.41, 5.74) is 4.49. The Kier molecular flexibility index (Phi) is 4.99. The third-order valence-electron chi connectivity index (χ3n) is 6.79. The molecular weight excluding hydrogens is 404 g/mol. The fraction of sp³-hybridized carbons (Fsp3) is 0.478. The van der Waals surface area contributed by atoms with Crippen LogP contribution in [0.15, 0.2) is 30.9 Å².